The minimum absolute atomic E-state index is 0.689. The van der Waals surface area contributed by atoms with Crippen molar-refractivity contribution in [3.8, 4) is 0 Å². The normalized spacial score (nSPS) is 16.2. The zero-order valence-electron chi connectivity index (χ0n) is 11.9. The standard InChI is InChI=1S/C16H21N3O/c1-13-11-19(12-14-7-9-20-10-8-14)16(17-13)18-15-5-3-2-4-6-15/h2-6,11,14H,7-10,12H2,1H3,(H,17,18). The van der Waals surface area contributed by atoms with E-state index >= 15 is 0 Å². The molecule has 1 aromatic carbocycles. The van der Waals surface area contributed by atoms with E-state index < -0.39 is 0 Å². The van der Waals surface area contributed by atoms with E-state index in [4.69, 9.17) is 4.74 Å². The first-order valence-corrected chi connectivity index (χ1v) is 7.25. The molecule has 1 aromatic heterocycles. The first-order valence-electron chi connectivity index (χ1n) is 7.25. The Kier molecular flexibility index (Phi) is 4.02. The Labute approximate surface area is 119 Å². The molecule has 20 heavy (non-hydrogen) atoms. The van der Waals surface area contributed by atoms with Crippen LogP contribution in [0.2, 0.25) is 0 Å². The number of hydrogen-bond acceptors (Lipinski definition) is 3. The molecule has 1 N–H and O–H groups in total. The van der Waals surface area contributed by atoms with Gasteiger partial charge in [0, 0.05) is 31.6 Å². The van der Waals surface area contributed by atoms with E-state index in [0.717, 1.165) is 49.9 Å². The highest BCUT2D eigenvalue weighted by molar-refractivity contribution is 5.53. The van der Waals surface area contributed by atoms with E-state index in [2.05, 4.69) is 33.2 Å². The van der Waals surface area contributed by atoms with Crippen LogP contribution in [0, 0.1) is 12.8 Å². The van der Waals surface area contributed by atoms with Crippen molar-refractivity contribution in [2.24, 2.45) is 5.92 Å². The molecule has 1 fully saturated rings. The van der Waals surface area contributed by atoms with Crippen molar-refractivity contribution >= 4 is 11.6 Å². The maximum absolute atomic E-state index is 5.43. The zero-order chi connectivity index (χ0) is 13.8. The number of nitrogens with zero attached hydrogens (tertiary/aromatic N) is 2. The number of hydrogen-bond donors (Lipinski definition) is 1. The molecule has 1 saturated heterocycles. The molecule has 106 valence electrons. The number of ether oxygens (including phenoxy) is 1. The number of aryl methyl sites for hydroxylation is 1. The molecule has 0 unspecified atom stereocenters. The van der Waals surface area contributed by atoms with Gasteiger partial charge in [0.15, 0.2) is 0 Å². The number of aromatic nitrogens is 2. The molecule has 4 nitrogen and oxygen atoms in total. The average Bonchev–Trinajstić information content (AvgIpc) is 2.81. The predicted octanol–water partition coefficient (Wildman–Crippen LogP) is 3.36. The van der Waals surface area contributed by atoms with Crippen LogP contribution in [0.3, 0.4) is 0 Å². The quantitative estimate of drug-likeness (QED) is 0.926. The van der Waals surface area contributed by atoms with E-state index in [1.807, 2.05) is 25.1 Å². The van der Waals surface area contributed by atoms with Crippen molar-refractivity contribution in [1.29, 1.82) is 0 Å². The molecule has 3 rings (SSSR count). The molecule has 2 heterocycles. The third-order valence-corrected chi connectivity index (χ3v) is 3.72. The molecule has 1 aliphatic rings. The lowest BCUT2D eigenvalue weighted by atomic mass is 10.0. The smallest absolute Gasteiger partial charge is 0.207 e. The van der Waals surface area contributed by atoms with Gasteiger partial charge in [0.2, 0.25) is 5.95 Å². The summed E-state index contributed by atoms with van der Waals surface area (Å²) < 4.78 is 7.66. The average molecular weight is 271 g/mol. The van der Waals surface area contributed by atoms with Crippen LogP contribution in [0.5, 0.6) is 0 Å². The van der Waals surface area contributed by atoms with Gasteiger partial charge in [0.1, 0.15) is 0 Å². The summed E-state index contributed by atoms with van der Waals surface area (Å²) in [4.78, 5) is 4.59. The molecule has 0 aliphatic carbocycles. The number of anilines is 2. The molecular weight excluding hydrogens is 250 g/mol. The van der Waals surface area contributed by atoms with Crippen LogP contribution in [0.1, 0.15) is 18.5 Å². The Morgan fingerprint density at radius 3 is 2.75 bits per heavy atom. The van der Waals surface area contributed by atoms with E-state index in [9.17, 15) is 0 Å². The summed E-state index contributed by atoms with van der Waals surface area (Å²) in [5, 5.41) is 3.40. The highest BCUT2D eigenvalue weighted by atomic mass is 16.5. The third-order valence-electron chi connectivity index (χ3n) is 3.72. The second-order valence-electron chi connectivity index (χ2n) is 5.41. The minimum atomic E-state index is 0.689. The molecule has 2 aromatic rings. The molecule has 0 radical (unpaired) electrons. The first-order chi connectivity index (χ1) is 9.81. The van der Waals surface area contributed by atoms with Crippen LogP contribution in [-0.2, 0) is 11.3 Å². The van der Waals surface area contributed by atoms with Gasteiger partial charge in [-0.05, 0) is 37.8 Å². The summed E-state index contributed by atoms with van der Waals surface area (Å²) in [6.45, 7) is 4.83. The van der Waals surface area contributed by atoms with Crippen molar-refractivity contribution in [2.75, 3.05) is 18.5 Å². The van der Waals surface area contributed by atoms with Gasteiger partial charge in [0.05, 0.1) is 5.69 Å². The predicted molar refractivity (Wildman–Crippen MR) is 80.2 cm³/mol. The van der Waals surface area contributed by atoms with Crippen LogP contribution >= 0.6 is 0 Å². The Balaban J connectivity index is 1.73. The number of nitrogens with one attached hydrogen (secondary N) is 1. The van der Waals surface area contributed by atoms with Crippen LogP contribution in [-0.4, -0.2) is 22.8 Å². The van der Waals surface area contributed by atoms with Crippen LogP contribution < -0.4 is 5.32 Å². The number of rotatable bonds is 4. The highest BCUT2D eigenvalue weighted by Crippen LogP contribution is 2.21. The van der Waals surface area contributed by atoms with Gasteiger partial charge in [-0.3, -0.25) is 0 Å². The summed E-state index contributed by atoms with van der Waals surface area (Å²) in [7, 11) is 0. The Morgan fingerprint density at radius 2 is 2.00 bits per heavy atom. The molecule has 0 spiro atoms. The summed E-state index contributed by atoms with van der Waals surface area (Å²) >= 11 is 0. The molecule has 0 saturated carbocycles. The Morgan fingerprint density at radius 1 is 1.25 bits per heavy atom. The molecule has 0 bridgehead atoms. The van der Waals surface area contributed by atoms with Gasteiger partial charge < -0.3 is 14.6 Å². The fraction of sp³-hybridized carbons (Fsp3) is 0.438. The maximum Gasteiger partial charge on any atom is 0.207 e. The van der Waals surface area contributed by atoms with Crippen LogP contribution in [0.4, 0.5) is 11.6 Å². The minimum Gasteiger partial charge on any atom is -0.381 e. The fourth-order valence-electron chi connectivity index (χ4n) is 2.64. The molecule has 0 amide bonds. The van der Waals surface area contributed by atoms with Gasteiger partial charge in [-0.1, -0.05) is 18.2 Å². The monoisotopic (exact) mass is 271 g/mol. The summed E-state index contributed by atoms with van der Waals surface area (Å²) in [6, 6.07) is 10.2. The zero-order valence-corrected chi connectivity index (χ0v) is 11.9. The second kappa shape index (κ2) is 6.09. The van der Waals surface area contributed by atoms with Crippen molar-refractivity contribution in [3.05, 3.63) is 42.2 Å². The van der Waals surface area contributed by atoms with Crippen molar-refractivity contribution in [2.45, 2.75) is 26.3 Å². The molecule has 0 atom stereocenters. The highest BCUT2D eigenvalue weighted by Gasteiger charge is 2.16. The number of benzene rings is 1. The third kappa shape index (κ3) is 3.20. The van der Waals surface area contributed by atoms with E-state index in [0.29, 0.717) is 5.92 Å². The lowest BCUT2D eigenvalue weighted by Crippen LogP contribution is -2.20. The van der Waals surface area contributed by atoms with Crippen LogP contribution in [0.25, 0.3) is 0 Å². The first kappa shape index (κ1) is 13.2. The van der Waals surface area contributed by atoms with Gasteiger partial charge in [-0.15, -0.1) is 0 Å². The molecular formula is C16H21N3O. The summed E-state index contributed by atoms with van der Waals surface area (Å²) in [6.07, 6.45) is 4.41. The van der Waals surface area contributed by atoms with Crippen molar-refractivity contribution in [3.63, 3.8) is 0 Å². The Hall–Kier alpha value is -1.81. The lowest BCUT2D eigenvalue weighted by molar-refractivity contribution is 0.0614. The van der Waals surface area contributed by atoms with Crippen molar-refractivity contribution in [1.82, 2.24) is 9.55 Å². The van der Waals surface area contributed by atoms with Gasteiger partial charge in [-0.25, -0.2) is 4.98 Å². The largest absolute Gasteiger partial charge is 0.381 e. The fourth-order valence-corrected chi connectivity index (χ4v) is 2.64. The van der Waals surface area contributed by atoms with Gasteiger partial charge in [-0.2, -0.15) is 0 Å². The maximum atomic E-state index is 5.43. The molecule has 1 aliphatic heterocycles. The number of imidazole rings is 1. The van der Waals surface area contributed by atoms with Crippen LogP contribution in [0.15, 0.2) is 36.5 Å². The SMILES string of the molecule is Cc1cn(CC2CCOCC2)c(Nc2ccccc2)n1. The Bertz CT molecular complexity index is 544. The molecule has 4 heteroatoms. The topological polar surface area (TPSA) is 39.1 Å². The second-order valence-corrected chi connectivity index (χ2v) is 5.41. The van der Waals surface area contributed by atoms with E-state index in [-0.39, 0.29) is 0 Å². The van der Waals surface area contributed by atoms with Gasteiger partial charge in [0.25, 0.3) is 0 Å². The van der Waals surface area contributed by atoms with Crippen molar-refractivity contribution < 1.29 is 4.74 Å². The summed E-state index contributed by atoms with van der Waals surface area (Å²) in [5.41, 5.74) is 2.13. The van der Waals surface area contributed by atoms with E-state index in [1.165, 1.54) is 0 Å². The summed E-state index contributed by atoms with van der Waals surface area (Å²) in [5.74, 6) is 1.62. The van der Waals surface area contributed by atoms with Gasteiger partial charge >= 0.3 is 0 Å². The lowest BCUT2D eigenvalue weighted by Gasteiger charge is -2.23. The van der Waals surface area contributed by atoms with E-state index in [1.54, 1.807) is 0 Å². The number of para-hydroxylation sites is 1.